The summed E-state index contributed by atoms with van der Waals surface area (Å²) in [4.78, 5) is 0. The van der Waals surface area contributed by atoms with Crippen molar-refractivity contribution in [2.45, 2.75) is 90.4 Å². The van der Waals surface area contributed by atoms with Crippen molar-refractivity contribution in [1.82, 2.24) is 0 Å². The number of benzene rings is 1. The average Bonchev–Trinajstić information content (AvgIpc) is 2.74. The van der Waals surface area contributed by atoms with Crippen molar-refractivity contribution in [3.8, 4) is 0 Å². The Kier molecular flexibility index (Phi) is 8.83. The zero-order chi connectivity index (χ0) is 19.6. The Hall–Kier alpha value is -1.37. The first kappa shape index (κ1) is 21.3. The molecule has 1 fully saturated rings. The van der Waals surface area contributed by atoms with E-state index in [9.17, 15) is 4.39 Å². The fraction of sp³-hybridized carbons (Fsp3) is 0.630. The van der Waals surface area contributed by atoms with Crippen molar-refractivity contribution >= 4 is 5.57 Å². The Balaban J connectivity index is 1.32. The molecule has 0 radical (unpaired) electrons. The van der Waals surface area contributed by atoms with Crippen molar-refractivity contribution < 1.29 is 4.39 Å². The Bertz CT molecular complexity index is 616. The lowest BCUT2D eigenvalue weighted by molar-refractivity contribution is 0.218. The molecule has 2 aliphatic carbocycles. The van der Waals surface area contributed by atoms with Gasteiger partial charge in [-0.3, -0.25) is 0 Å². The van der Waals surface area contributed by atoms with Crippen LogP contribution in [0.5, 0.6) is 0 Å². The van der Waals surface area contributed by atoms with E-state index >= 15 is 0 Å². The molecule has 154 valence electrons. The highest BCUT2D eigenvalue weighted by molar-refractivity contribution is 5.74. The molecule has 0 amide bonds. The monoisotopic (exact) mass is 382 g/mol. The van der Waals surface area contributed by atoms with Gasteiger partial charge in [0, 0.05) is 0 Å². The Labute approximate surface area is 172 Å². The summed E-state index contributed by atoms with van der Waals surface area (Å²) >= 11 is 0. The molecule has 0 nitrogen and oxygen atoms in total. The molecule has 1 unspecified atom stereocenters. The first-order valence-electron chi connectivity index (χ1n) is 11.9. The summed E-state index contributed by atoms with van der Waals surface area (Å²) in [6, 6.07) is 6.90. The van der Waals surface area contributed by atoms with E-state index in [0.29, 0.717) is 5.92 Å². The topological polar surface area (TPSA) is 0 Å². The maximum Gasteiger partial charge on any atom is 0.123 e. The largest absolute Gasteiger partial charge is 0.207 e. The molecule has 1 atom stereocenters. The number of rotatable bonds is 10. The zero-order valence-corrected chi connectivity index (χ0v) is 17.8. The molecule has 28 heavy (non-hydrogen) atoms. The van der Waals surface area contributed by atoms with Gasteiger partial charge in [-0.05, 0) is 60.3 Å². The molecule has 1 aromatic carbocycles. The van der Waals surface area contributed by atoms with Gasteiger partial charge in [-0.2, -0.15) is 0 Å². The number of hydrogen-bond acceptors (Lipinski definition) is 0. The molecular weight excluding hydrogens is 343 g/mol. The summed E-state index contributed by atoms with van der Waals surface area (Å²) in [6.45, 7) is 2.29. The zero-order valence-electron chi connectivity index (χ0n) is 17.8. The van der Waals surface area contributed by atoms with Gasteiger partial charge in [0.25, 0.3) is 0 Å². The minimum Gasteiger partial charge on any atom is -0.207 e. The number of allylic oxidation sites excluding steroid dienone is 4. The van der Waals surface area contributed by atoms with E-state index in [2.05, 4.69) is 25.2 Å². The Morgan fingerprint density at radius 2 is 1.54 bits per heavy atom. The highest BCUT2D eigenvalue weighted by Gasteiger charge is 2.26. The van der Waals surface area contributed by atoms with Crippen LogP contribution in [0.1, 0.15) is 96.0 Å². The Morgan fingerprint density at radius 1 is 0.857 bits per heavy atom. The lowest BCUT2D eigenvalue weighted by Crippen LogP contribution is -2.21. The van der Waals surface area contributed by atoms with Crippen molar-refractivity contribution in [3.63, 3.8) is 0 Å². The molecule has 3 rings (SSSR count). The molecule has 0 aliphatic heterocycles. The second-order valence-corrected chi connectivity index (χ2v) is 9.12. The van der Waals surface area contributed by atoms with Gasteiger partial charge in [0.1, 0.15) is 5.82 Å². The van der Waals surface area contributed by atoms with E-state index in [1.54, 1.807) is 12.1 Å². The van der Waals surface area contributed by atoms with Gasteiger partial charge in [0.2, 0.25) is 0 Å². The third-order valence-corrected chi connectivity index (χ3v) is 7.02. The highest BCUT2D eigenvalue weighted by atomic mass is 19.1. The van der Waals surface area contributed by atoms with Crippen LogP contribution in [0.15, 0.2) is 42.5 Å². The van der Waals surface area contributed by atoms with Gasteiger partial charge in [-0.25, -0.2) is 4.39 Å². The number of hydrogen-bond donors (Lipinski definition) is 0. The van der Waals surface area contributed by atoms with Gasteiger partial charge in [-0.1, -0.05) is 101 Å². The molecule has 0 heterocycles. The van der Waals surface area contributed by atoms with Crippen molar-refractivity contribution in [1.29, 1.82) is 0 Å². The first-order valence-corrected chi connectivity index (χ1v) is 11.9. The van der Waals surface area contributed by atoms with Gasteiger partial charge in [-0.15, -0.1) is 0 Å². The van der Waals surface area contributed by atoms with E-state index in [0.717, 1.165) is 23.8 Å². The smallest absolute Gasteiger partial charge is 0.123 e. The van der Waals surface area contributed by atoms with Crippen LogP contribution < -0.4 is 0 Å². The lowest BCUT2D eigenvalue weighted by atomic mass is 9.72. The molecule has 1 aromatic rings. The van der Waals surface area contributed by atoms with Crippen LogP contribution in [-0.2, 0) is 0 Å². The molecule has 0 bridgehead atoms. The summed E-state index contributed by atoms with van der Waals surface area (Å²) in [5.41, 5.74) is 2.39. The maximum atomic E-state index is 13.1. The number of unbranched alkanes of at least 4 members (excludes halogenated alkanes) is 6. The Morgan fingerprint density at radius 3 is 2.18 bits per heavy atom. The molecular formula is C27H39F. The standard InChI is InChI=1S/C27H39F/c1-2-3-4-5-6-7-8-9-22-10-12-23(13-11-22)24-14-16-25(17-15-24)26-18-20-27(28)21-19-26/h14,16-24H,2-13,15H2,1H3/t22-,23-,24?. The van der Waals surface area contributed by atoms with Crippen LogP contribution in [-0.4, -0.2) is 0 Å². The fourth-order valence-corrected chi connectivity index (χ4v) is 5.14. The quantitative estimate of drug-likeness (QED) is 0.355. The second-order valence-electron chi connectivity index (χ2n) is 9.12. The third kappa shape index (κ3) is 6.61. The van der Waals surface area contributed by atoms with Gasteiger partial charge in [0.15, 0.2) is 0 Å². The molecule has 0 N–H and O–H groups in total. The SMILES string of the molecule is CCCCCCCCC[C@H]1CC[C@H](C2C=CC(c3ccc(F)cc3)=CC2)CC1. The summed E-state index contributed by atoms with van der Waals surface area (Å²) in [5, 5.41) is 0. The fourth-order valence-electron chi connectivity index (χ4n) is 5.14. The van der Waals surface area contributed by atoms with Gasteiger partial charge in [0.05, 0.1) is 0 Å². The summed E-state index contributed by atoms with van der Waals surface area (Å²) < 4.78 is 13.1. The molecule has 2 aliphatic rings. The van der Waals surface area contributed by atoms with Crippen LogP contribution in [0.3, 0.4) is 0 Å². The highest BCUT2D eigenvalue weighted by Crippen LogP contribution is 2.39. The van der Waals surface area contributed by atoms with Crippen LogP contribution >= 0.6 is 0 Å². The van der Waals surface area contributed by atoms with Crippen LogP contribution in [0.25, 0.3) is 5.57 Å². The minimum absolute atomic E-state index is 0.157. The normalized spacial score (nSPS) is 24.9. The van der Waals surface area contributed by atoms with Crippen molar-refractivity contribution in [2.75, 3.05) is 0 Å². The molecule has 1 saturated carbocycles. The average molecular weight is 383 g/mol. The van der Waals surface area contributed by atoms with E-state index < -0.39 is 0 Å². The van der Waals surface area contributed by atoms with E-state index in [-0.39, 0.29) is 5.82 Å². The van der Waals surface area contributed by atoms with Gasteiger partial charge < -0.3 is 0 Å². The van der Waals surface area contributed by atoms with Crippen LogP contribution in [0.4, 0.5) is 4.39 Å². The third-order valence-electron chi connectivity index (χ3n) is 7.02. The van der Waals surface area contributed by atoms with Crippen LogP contribution in [0, 0.1) is 23.6 Å². The summed E-state index contributed by atoms with van der Waals surface area (Å²) in [5.74, 6) is 2.41. The predicted molar refractivity (Wildman–Crippen MR) is 120 cm³/mol. The van der Waals surface area contributed by atoms with Crippen molar-refractivity contribution in [3.05, 3.63) is 53.9 Å². The van der Waals surface area contributed by atoms with E-state index in [1.807, 2.05) is 12.1 Å². The molecule has 0 spiro atoms. The second kappa shape index (κ2) is 11.6. The molecule has 0 aromatic heterocycles. The van der Waals surface area contributed by atoms with Crippen molar-refractivity contribution in [2.24, 2.45) is 17.8 Å². The molecule has 0 saturated heterocycles. The predicted octanol–water partition coefficient (Wildman–Crippen LogP) is 8.73. The van der Waals surface area contributed by atoms with E-state index in [1.165, 1.54) is 82.6 Å². The summed E-state index contributed by atoms with van der Waals surface area (Å²) in [7, 11) is 0. The first-order chi connectivity index (χ1) is 13.8. The summed E-state index contributed by atoms with van der Waals surface area (Å²) in [6.07, 6.45) is 25.4. The van der Waals surface area contributed by atoms with E-state index in [4.69, 9.17) is 0 Å². The van der Waals surface area contributed by atoms with Gasteiger partial charge >= 0.3 is 0 Å². The maximum absolute atomic E-state index is 13.1. The molecule has 1 heteroatoms. The van der Waals surface area contributed by atoms with Crippen LogP contribution in [0.2, 0.25) is 0 Å². The minimum atomic E-state index is -0.157. The number of halogens is 1. The lowest BCUT2D eigenvalue weighted by Gasteiger charge is -2.33.